The Morgan fingerprint density at radius 2 is 2.00 bits per heavy atom. The first-order chi connectivity index (χ1) is 6.39. The van der Waals surface area contributed by atoms with Gasteiger partial charge in [0.05, 0.1) is 5.56 Å². The highest BCUT2D eigenvalue weighted by molar-refractivity contribution is 5.69. The molecule has 2 nitrogen and oxygen atoms in total. The topological polar surface area (TPSA) is 26.3 Å². The first kappa shape index (κ1) is 10.6. The Morgan fingerprint density at radius 1 is 1.36 bits per heavy atom. The fourth-order valence-corrected chi connectivity index (χ4v) is 0.902. The smallest absolute Gasteiger partial charge is 0.416 e. The van der Waals surface area contributed by atoms with Crippen molar-refractivity contribution in [3.05, 3.63) is 29.8 Å². The molecule has 0 heterocycles. The molecule has 0 aliphatic carbocycles. The average Bonchev–Trinajstić information content (AvgIpc) is 2.01. The second-order valence-corrected chi connectivity index (χ2v) is 2.62. The molecule has 0 aliphatic rings. The molecule has 0 radical (unpaired) electrons. The molecule has 0 spiro atoms. The Morgan fingerprint density at radius 3 is 2.50 bits per heavy atom. The van der Waals surface area contributed by atoms with Crippen LogP contribution in [-0.4, -0.2) is 5.97 Å². The molecule has 0 N–H and O–H groups in total. The number of benzene rings is 1. The average molecular weight is 204 g/mol. The number of esters is 1. The van der Waals surface area contributed by atoms with Gasteiger partial charge in [-0.1, -0.05) is 6.07 Å². The molecule has 1 rings (SSSR count). The molecule has 1 aromatic carbocycles. The number of hydrogen-bond donors (Lipinski definition) is 0. The standard InChI is InChI=1S/C9H7F3O2/c1-6(13)14-8-4-2-3-7(5-8)9(10,11)12/h2-5H,1H3. The highest BCUT2D eigenvalue weighted by atomic mass is 19.4. The summed E-state index contributed by atoms with van der Waals surface area (Å²) in [6.07, 6.45) is -4.42. The first-order valence-corrected chi connectivity index (χ1v) is 3.75. The summed E-state index contributed by atoms with van der Waals surface area (Å²) in [4.78, 5) is 10.5. The Kier molecular flexibility index (Phi) is 2.78. The second-order valence-electron chi connectivity index (χ2n) is 2.62. The maximum atomic E-state index is 12.2. The van der Waals surface area contributed by atoms with Crippen LogP contribution in [0.4, 0.5) is 13.2 Å². The maximum absolute atomic E-state index is 12.2. The molecule has 0 unspecified atom stereocenters. The number of alkyl halides is 3. The summed E-state index contributed by atoms with van der Waals surface area (Å²) in [5, 5.41) is 0. The number of ether oxygens (including phenoxy) is 1. The molecule has 14 heavy (non-hydrogen) atoms. The fourth-order valence-electron chi connectivity index (χ4n) is 0.902. The van der Waals surface area contributed by atoms with Gasteiger partial charge in [-0.2, -0.15) is 13.2 Å². The molecular weight excluding hydrogens is 197 g/mol. The van der Waals surface area contributed by atoms with Crippen LogP contribution in [0.1, 0.15) is 12.5 Å². The summed E-state index contributed by atoms with van der Waals surface area (Å²) < 4.78 is 41.0. The highest BCUT2D eigenvalue weighted by Gasteiger charge is 2.30. The van der Waals surface area contributed by atoms with E-state index in [1.165, 1.54) is 12.1 Å². The molecule has 0 fully saturated rings. The van der Waals surface area contributed by atoms with Gasteiger partial charge >= 0.3 is 12.1 Å². The van der Waals surface area contributed by atoms with Crippen LogP contribution in [0, 0.1) is 0 Å². The lowest BCUT2D eigenvalue weighted by Crippen LogP contribution is -2.06. The van der Waals surface area contributed by atoms with E-state index < -0.39 is 17.7 Å². The number of hydrogen-bond acceptors (Lipinski definition) is 2. The number of rotatable bonds is 1. The zero-order chi connectivity index (χ0) is 10.8. The van der Waals surface area contributed by atoms with Crippen molar-refractivity contribution in [1.29, 1.82) is 0 Å². The van der Waals surface area contributed by atoms with Crippen LogP contribution in [0.2, 0.25) is 0 Å². The Balaban J connectivity index is 2.95. The van der Waals surface area contributed by atoms with Crippen molar-refractivity contribution in [3.63, 3.8) is 0 Å². The largest absolute Gasteiger partial charge is 0.427 e. The van der Waals surface area contributed by atoms with Gasteiger partial charge in [0, 0.05) is 6.92 Å². The van der Waals surface area contributed by atoms with Gasteiger partial charge in [0.25, 0.3) is 0 Å². The number of halogens is 3. The quantitative estimate of drug-likeness (QED) is 0.519. The van der Waals surface area contributed by atoms with E-state index in [2.05, 4.69) is 4.74 Å². The van der Waals surface area contributed by atoms with E-state index in [0.29, 0.717) is 0 Å². The van der Waals surface area contributed by atoms with E-state index in [0.717, 1.165) is 19.1 Å². The fraction of sp³-hybridized carbons (Fsp3) is 0.222. The van der Waals surface area contributed by atoms with Gasteiger partial charge in [0.15, 0.2) is 0 Å². The predicted molar refractivity (Wildman–Crippen MR) is 42.8 cm³/mol. The van der Waals surface area contributed by atoms with Gasteiger partial charge in [-0.25, -0.2) is 0 Å². The van der Waals surface area contributed by atoms with Crippen LogP contribution >= 0.6 is 0 Å². The third-order valence-electron chi connectivity index (χ3n) is 1.42. The first-order valence-electron chi connectivity index (χ1n) is 3.75. The van der Waals surface area contributed by atoms with E-state index >= 15 is 0 Å². The van der Waals surface area contributed by atoms with E-state index in [1.54, 1.807) is 0 Å². The summed E-state index contributed by atoms with van der Waals surface area (Å²) >= 11 is 0. The van der Waals surface area contributed by atoms with E-state index in [4.69, 9.17) is 0 Å². The van der Waals surface area contributed by atoms with Crippen LogP contribution in [-0.2, 0) is 11.0 Å². The van der Waals surface area contributed by atoms with Crippen LogP contribution in [0.5, 0.6) is 5.75 Å². The minimum Gasteiger partial charge on any atom is -0.427 e. The summed E-state index contributed by atoms with van der Waals surface area (Å²) in [7, 11) is 0. The zero-order valence-electron chi connectivity index (χ0n) is 7.26. The molecule has 0 aliphatic heterocycles. The van der Waals surface area contributed by atoms with Crippen molar-refractivity contribution in [2.24, 2.45) is 0 Å². The van der Waals surface area contributed by atoms with Crippen molar-refractivity contribution in [3.8, 4) is 5.75 Å². The van der Waals surface area contributed by atoms with Crippen molar-refractivity contribution in [2.45, 2.75) is 13.1 Å². The molecule has 1 aromatic rings. The Labute approximate surface area is 78.3 Å². The third kappa shape index (κ3) is 2.76. The minimum absolute atomic E-state index is 0.104. The van der Waals surface area contributed by atoms with E-state index in [-0.39, 0.29) is 5.75 Å². The zero-order valence-corrected chi connectivity index (χ0v) is 7.26. The molecule has 0 saturated carbocycles. The molecule has 5 heteroatoms. The second kappa shape index (κ2) is 3.69. The number of carbonyl (C=O) groups is 1. The van der Waals surface area contributed by atoms with Gasteiger partial charge in [-0.3, -0.25) is 4.79 Å². The van der Waals surface area contributed by atoms with Gasteiger partial charge in [0.1, 0.15) is 5.75 Å². The van der Waals surface area contributed by atoms with Crippen molar-refractivity contribution >= 4 is 5.97 Å². The summed E-state index contributed by atoms with van der Waals surface area (Å²) in [6.45, 7) is 1.13. The molecule has 0 bridgehead atoms. The SMILES string of the molecule is CC(=O)Oc1cccc(C(F)(F)F)c1. The van der Waals surface area contributed by atoms with Crippen molar-refractivity contribution in [2.75, 3.05) is 0 Å². The van der Waals surface area contributed by atoms with Crippen LogP contribution in [0.15, 0.2) is 24.3 Å². The van der Waals surface area contributed by atoms with Gasteiger partial charge < -0.3 is 4.74 Å². The van der Waals surface area contributed by atoms with Crippen LogP contribution in [0.3, 0.4) is 0 Å². The van der Waals surface area contributed by atoms with Crippen LogP contribution < -0.4 is 4.74 Å². The maximum Gasteiger partial charge on any atom is 0.416 e. The Hall–Kier alpha value is -1.52. The summed E-state index contributed by atoms with van der Waals surface area (Å²) in [5.74, 6) is -0.753. The highest BCUT2D eigenvalue weighted by Crippen LogP contribution is 2.31. The molecule has 0 saturated heterocycles. The van der Waals surface area contributed by atoms with Gasteiger partial charge in [0.2, 0.25) is 0 Å². The lowest BCUT2D eigenvalue weighted by Gasteiger charge is -2.07. The molecular formula is C9H7F3O2. The van der Waals surface area contributed by atoms with Crippen molar-refractivity contribution in [1.82, 2.24) is 0 Å². The van der Waals surface area contributed by atoms with E-state index in [9.17, 15) is 18.0 Å². The minimum atomic E-state index is -4.42. The van der Waals surface area contributed by atoms with Gasteiger partial charge in [-0.05, 0) is 18.2 Å². The molecule has 0 atom stereocenters. The van der Waals surface area contributed by atoms with Crippen molar-refractivity contribution < 1.29 is 22.7 Å². The monoisotopic (exact) mass is 204 g/mol. The normalized spacial score (nSPS) is 11.1. The lowest BCUT2D eigenvalue weighted by atomic mass is 10.2. The van der Waals surface area contributed by atoms with E-state index in [1.807, 2.05) is 0 Å². The van der Waals surface area contributed by atoms with Gasteiger partial charge in [-0.15, -0.1) is 0 Å². The summed E-state index contributed by atoms with van der Waals surface area (Å²) in [6, 6.07) is 4.16. The number of carbonyl (C=O) groups excluding carboxylic acids is 1. The Bertz CT molecular complexity index is 344. The summed E-state index contributed by atoms with van der Waals surface area (Å²) in [5.41, 5.74) is -0.837. The third-order valence-corrected chi connectivity index (χ3v) is 1.42. The molecule has 76 valence electrons. The predicted octanol–water partition coefficient (Wildman–Crippen LogP) is 2.63. The van der Waals surface area contributed by atoms with Crippen LogP contribution in [0.25, 0.3) is 0 Å². The lowest BCUT2D eigenvalue weighted by molar-refractivity contribution is -0.138. The molecule has 0 aromatic heterocycles. The molecule has 0 amide bonds.